The van der Waals surface area contributed by atoms with Crippen molar-refractivity contribution < 1.29 is 4.39 Å². The molecule has 4 heteroatoms. The van der Waals surface area contributed by atoms with Crippen molar-refractivity contribution in [2.45, 2.75) is 32.2 Å². The largest absolute Gasteiger partial charge is 0.387 e. The molecule has 0 amide bonds. The van der Waals surface area contributed by atoms with Crippen LogP contribution in [0.1, 0.15) is 35.4 Å². The Morgan fingerprint density at radius 3 is 2.87 bits per heavy atom. The molecule has 0 radical (unpaired) electrons. The monoisotopic (exact) mass is 309 g/mol. The molecule has 2 aliphatic rings. The van der Waals surface area contributed by atoms with E-state index in [2.05, 4.69) is 11.4 Å². The van der Waals surface area contributed by atoms with Crippen molar-refractivity contribution in [3.8, 4) is 0 Å². The molecule has 118 valence electrons. The molecule has 1 N–H and O–H groups in total. The minimum atomic E-state index is -0.157. The zero-order chi connectivity index (χ0) is 15.6. The third kappa shape index (κ3) is 2.69. The normalized spacial score (nSPS) is 16.7. The van der Waals surface area contributed by atoms with Gasteiger partial charge in [-0.15, -0.1) is 0 Å². The summed E-state index contributed by atoms with van der Waals surface area (Å²) in [6.45, 7) is 1.31. The molecular weight excluding hydrogens is 289 g/mol. The molecule has 1 aliphatic heterocycles. The van der Waals surface area contributed by atoms with Crippen LogP contribution in [0.15, 0.2) is 42.6 Å². The fraction of sp³-hybridized carbons (Fsp3) is 0.316. The van der Waals surface area contributed by atoms with Crippen LogP contribution in [-0.2, 0) is 19.4 Å². The lowest BCUT2D eigenvalue weighted by Gasteiger charge is -2.15. The summed E-state index contributed by atoms with van der Waals surface area (Å²) < 4.78 is 16.0. The molecule has 0 unspecified atom stereocenters. The van der Waals surface area contributed by atoms with Gasteiger partial charge in [-0.2, -0.15) is 5.10 Å². The number of fused-ring (bicyclic) bond motifs is 1. The first kappa shape index (κ1) is 14.2. The number of hydrogen-bond donors (Lipinski definition) is 1. The SMILES string of the molecule is Fc1ccccc1Cn1nc(C2=CC=CNC2)c2c1CCCC2. The van der Waals surface area contributed by atoms with Gasteiger partial charge < -0.3 is 5.32 Å². The predicted molar refractivity (Wildman–Crippen MR) is 89.5 cm³/mol. The summed E-state index contributed by atoms with van der Waals surface area (Å²) in [5, 5.41) is 8.11. The van der Waals surface area contributed by atoms with Gasteiger partial charge in [0.25, 0.3) is 0 Å². The Bertz CT molecular complexity index is 786. The number of nitrogens with one attached hydrogen (secondary N) is 1. The molecular formula is C19H20FN3. The summed E-state index contributed by atoms with van der Waals surface area (Å²) in [6, 6.07) is 6.97. The standard InChI is InChI=1S/C19H20FN3/c20-17-9-3-1-6-15(17)13-23-18-10-4-2-8-16(18)19(22-23)14-7-5-11-21-12-14/h1,3,5-7,9,11,21H,2,4,8,10,12-13H2. The number of allylic oxidation sites excluding steroid dienone is 2. The number of rotatable bonds is 3. The van der Waals surface area contributed by atoms with Crippen molar-refractivity contribution in [1.82, 2.24) is 15.1 Å². The van der Waals surface area contributed by atoms with E-state index in [1.807, 2.05) is 29.1 Å². The Labute approximate surface area is 135 Å². The molecule has 1 aromatic heterocycles. The van der Waals surface area contributed by atoms with E-state index < -0.39 is 0 Å². The van der Waals surface area contributed by atoms with Crippen molar-refractivity contribution >= 4 is 5.57 Å². The van der Waals surface area contributed by atoms with E-state index in [1.165, 1.54) is 35.7 Å². The topological polar surface area (TPSA) is 29.9 Å². The summed E-state index contributed by atoms with van der Waals surface area (Å²) in [5.74, 6) is -0.157. The Morgan fingerprint density at radius 1 is 1.17 bits per heavy atom. The second-order valence-corrected chi connectivity index (χ2v) is 6.16. The van der Waals surface area contributed by atoms with Crippen LogP contribution in [0.4, 0.5) is 4.39 Å². The molecule has 3 nitrogen and oxygen atoms in total. The summed E-state index contributed by atoms with van der Waals surface area (Å²) in [5.41, 5.74) is 5.65. The van der Waals surface area contributed by atoms with Gasteiger partial charge in [0.15, 0.2) is 0 Å². The molecule has 2 heterocycles. The summed E-state index contributed by atoms with van der Waals surface area (Å²) in [6.07, 6.45) is 10.6. The molecule has 23 heavy (non-hydrogen) atoms. The highest BCUT2D eigenvalue weighted by molar-refractivity contribution is 5.70. The molecule has 0 fully saturated rings. The average Bonchev–Trinajstić information content (AvgIpc) is 2.97. The molecule has 0 spiro atoms. The van der Waals surface area contributed by atoms with E-state index in [0.717, 1.165) is 25.1 Å². The molecule has 1 aromatic carbocycles. The maximum atomic E-state index is 14.0. The van der Waals surface area contributed by atoms with Gasteiger partial charge in [0.2, 0.25) is 0 Å². The Kier molecular flexibility index (Phi) is 3.74. The van der Waals surface area contributed by atoms with Crippen LogP contribution in [0.25, 0.3) is 5.57 Å². The van der Waals surface area contributed by atoms with E-state index in [4.69, 9.17) is 5.10 Å². The van der Waals surface area contributed by atoms with Crippen molar-refractivity contribution in [3.05, 3.63) is 70.9 Å². The minimum absolute atomic E-state index is 0.157. The number of nitrogens with zero attached hydrogens (tertiary/aromatic N) is 2. The van der Waals surface area contributed by atoms with Crippen LogP contribution in [0, 0.1) is 5.82 Å². The number of aromatic nitrogens is 2. The lowest BCUT2D eigenvalue weighted by molar-refractivity contribution is 0.560. The quantitative estimate of drug-likeness (QED) is 0.941. The van der Waals surface area contributed by atoms with Crippen LogP contribution < -0.4 is 5.32 Å². The number of dihydropyridines is 1. The first-order valence-corrected chi connectivity index (χ1v) is 8.24. The van der Waals surface area contributed by atoms with Gasteiger partial charge in [-0.05, 0) is 49.6 Å². The van der Waals surface area contributed by atoms with Crippen LogP contribution in [0.3, 0.4) is 0 Å². The van der Waals surface area contributed by atoms with Crippen LogP contribution in [0.5, 0.6) is 0 Å². The van der Waals surface area contributed by atoms with E-state index in [-0.39, 0.29) is 5.82 Å². The first-order valence-electron chi connectivity index (χ1n) is 8.24. The zero-order valence-electron chi connectivity index (χ0n) is 13.1. The number of hydrogen-bond acceptors (Lipinski definition) is 2. The first-order chi connectivity index (χ1) is 11.3. The number of halogens is 1. The van der Waals surface area contributed by atoms with Gasteiger partial charge in [-0.25, -0.2) is 4.39 Å². The Morgan fingerprint density at radius 2 is 2.04 bits per heavy atom. The fourth-order valence-corrected chi connectivity index (χ4v) is 3.47. The number of benzene rings is 1. The van der Waals surface area contributed by atoms with E-state index in [1.54, 1.807) is 6.07 Å². The van der Waals surface area contributed by atoms with Crippen LogP contribution >= 0.6 is 0 Å². The third-order valence-electron chi connectivity index (χ3n) is 4.64. The predicted octanol–water partition coefficient (Wildman–Crippen LogP) is 3.45. The van der Waals surface area contributed by atoms with Gasteiger partial charge in [0, 0.05) is 23.4 Å². The molecule has 1 aliphatic carbocycles. The highest BCUT2D eigenvalue weighted by Gasteiger charge is 2.23. The molecule has 2 aromatic rings. The smallest absolute Gasteiger partial charge is 0.128 e. The summed E-state index contributed by atoms with van der Waals surface area (Å²) in [4.78, 5) is 0. The van der Waals surface area contributed by atoms with Crippen molar-refractivity contribution in [3.63, 3.8) is 0 Å². The van der Waals surface area contributed by atoms with Crippen molar-refractivity contribution in [1.29, 1.82) is 0 Å². The van der Waals surface area contributed by atoms with Gasteiger partial charge in [-0.3, -0.25) is 4.68 Å². The minimum Gasteiger partial charge on any atom is -0.387 e. The maximum absolute atomic E-state index is 14.0. The highest BCUT2D eigenvalue weighted by Crippen LogP contribution is 2.29. The van der Waals surface area contributed by atoms with Gasteiger partial charge >= 0.3 is 0 Å². The molecule has 0 saturated heterocycles. The highest BCUT2D eigenvalue weighted by atomic mass is 19.1. The fourth-order valence-electron chi connectivity index (χ4n) is 3.47. The zero-order valence-corrected chi connectivity index (χ0v) is 13.1. The second kappa shape index (κ2) is 6.03. The summed E-state index contributed by atoms with van der Waals surface area (Å²) in [7, 11) is 0. The van der Waals surface area contributed by atoms with Crippen molar-refractivity contribution in [2.75, 3.05) is 6.54 Å². The van der Waals surface area contributed by atoms with Gasteiger partial charge in [-0.1, -0.05) is 24.3 Å². The van der Waals surface area contributed by atoms with Crippen LogP contribution in [-0.4, -0.2) is 16.3 Å². The third-order valence-corrected chi connectivity index (χ3v) is 4.64. The average molecular weight is 309 g/mol. The van der Waals surface area contributed by atoms with E-state index in [9.17, 15) is 4.39 Å². The lowest BCUT2D eigenvalue weighted by Crippen LogP contribution is -2.13. The van der Waals surface area contributed by atoms with Crippen molar-refractivity contribution in [2.24, 2.45) is 0 Å². The van der Waals surface area contributed by atoms with Gasteiger partial charge in [0.05, 0.1) is 12.2 Å². The Hall–Kier alpha value is -2.36. The lowest BCUT2D eigenvalue weighted by atomic mass is 9.93. The van der Waals surface area contributed by atoms with E-state index in [0.29, 0.717) is 12.1 Å². The maximum Gasteiger partial charge on any atom is 0.128 e. The Balaban J connectivity index is 1.75. The van der Waals surface area contributed by atoms with E-state index >= 15 is 0 Å². The summed E-state index contributed by atoms with van der Waals surface area (Å²) >= 11 is 0. The second-order valence-electron chi connectivity index (χ2n) is 6.16. The molecule has 0 atom stereocenters. The molecule has 0 bridgehead atoms. The van der Waals surface area contributed by atoms with Crippen LogP contribution in [0.2, 0.25) is 0 Å². The van der Waals surface area contributed by atoms with Gasteiger partial charge in [0.1, 0.15) is 5.82 Å². The molecule has 0 saturated carbocycles. The molecule has 4 rings (SSSR count).